The minimum Gasteiger partial charge on any atom is -0.457 e. The van der Waals surface area contributed by atoms with Crippen molar-refractivity contribution in [3.63, 3.8) is 0 Å². The van der Waals surface area contributed by atoms with Crippen LogP contribution >= 0.6 is 0 Å². The van der Waals surface area contributed by atoms with Crippen LogP contribution in [-0.4, -0.2) is 23.8 Å². The van der Waals surface area contributed by atoms with Crippen LogP contribution in [-0.2, 0) is 22.6 Å². The van der Waals surface area contributed by atoms with Gasteiger partial charge < -0.3 is 10.1 Å². The minimum absolute atomic E-state index is 0.0747. The number of rotatable bonds is 6. The maximum atomic E-state index is 14.8. The minimum atomic E-state index is -0.545. The maximum absolute atomic E-state index is 14.8. The van der Waals surface area contributed by atoms with E-state index in [1.54, 1.807) is 18.2 Å². The Hall–Kier alpha value is -3.04. The van der Waals surface area contributed by atoms with Crippen LogP contribution in [0.3, 0.4) is 0 Å². The number of carbonyl (C=O) groups excluding carboxylic acids is 2. The van der Waals surface area contributed by atoms with Crippen molar-refractivity contribution in [2.75, 3.05) is 0 Å². The Balaban J connectivity index is 1.28. The molecule has 2 aromatic carbocycles. The predicted molar refractivity (Wildman–Crippen MR) is 111 cm³/mol. The largest absolute Gasteiger partial charge is 0.457 e. The van der Waals surface area contributed by atoms with Gasteiger partial charge in [0, 0.05) is 18.0 Å². The van der Waals surface area contributed by atoms with Gasteiger partial charge in [0.05, 0.1) is 23.6 Å². The molecule has 0 unspecified atom stereocenters. The second-order valence-corrected chi connectivity index (χ2v) is 8.87. The highest BCUT2D eigenvalue weighted by Crippen LogP contribution is 2.36. The summed E-state index contributed by atoms with van der Waals surface area (Å²) in [6.45, 7) is 0.234. The first kappa shape index (κ1) is 19.9. The third kappa shape index (κ3) is 3.75. The van der Waals surface area contributed by atoms with Gasteiger partial charge >= 0.3 is 5.97 Å². The summed E-state index contributed by atoms with van der Waals surface area (Å²) in [5.41, 5.74) is 3.27. The molecule has 5 rings (SSSR count). The zero-order valence-corrected chi connectivity index (χ0v) is 17.1. The fourth-order valence-corrected chi connectivity index (χ4v) is 5.22. The van der Waals surface area contributed by atoms with E-state index in [1.165, 1.54) is 6.07 Å². The molecule has 4 atom stereocenters. The van der Waals surface area contributed by atoms with Gasteiger partial charge in [0.25, 0.3) is 0 Å². The Morgan fingerprint density at radius 2 is 2.03 bits per heavy atom. The first-order valence-electron chi connectivity index (χ1n) is 10.8. The fourth-order valence-electron chi connectivity index (χ4n) is 5.22. The van der Waals surface area contributed by atoms with Crippen molar-refractivity contribution in [1.82, 2.24) is 5.32 Å². The van der Waals surface area contributed by atoms with Gasteiger partial charge in [0.15, 0.2) is 5.78 Å². The lowest BCUT2D eigenvalue weighted by atomic mass is 9.88. The molecule has 2 aliphatic heterocycles. The average Bonchev–Trinajstić information content (AvgIpc) is 3.50. The van der Waals surface area contributed by atoms with Crippen molar-refractivity contribution < 1.29 is 18.7 Å². The topological polar surface area (TPSA) is 79.2 Å². The number of hydrogen-bond acceptors (Lipinski definition) is 5. The third-order valence-corrected chi connectivity index (χ3v) is 6.87. The lowest BCUT2D eigenvalue weighted by Crippen LogP contribution is -2.42. The van der Waals surface area contributed by atoms with E-state index in [-0.39, 0.29) is 37.2 Å². The number of hydrogen-bond donors (Lipinski definition) is 1. The standard InChI is InChI=1S/C25H23FN2O3/c26-22-11-16(15-4-6-21-19(9-15)13-31-25(21)30)1-2-17(22)7-14(12-27)8-23(29)24-18-3-5-20(10-18)28-24/h1-2,4,6,9,11,14,18,20,24,28H,3,5,7-8,10,13H2/t14-,18+,20-,24+/m1/s1. The number of piperidine rings is 1. The van der Waals surface area contributed by atoms with E-state index in [1.807, 2.05) is 12.1 Å². The van der Waals surface area contributed by atoms with E-state index < -0.39 is 11.7 Å². The molecule has 0 aromatic heterocycles. The van der Waals surface area contributed by atoms with Gasteiger partial charge in [-0.05, 0) is 66.5 Å². The van der Waals surface area contributed by atoms with Gasteiger partial charge in [-0.25, -0.2) is 9.18 Å². The molecule has 0 spiro atoms. The molecular weight excluding hydrogens is 395 g/mol. The summed E-state index contributed by atoms with van der Waals surface area (Å²) in [5.74, 6) is -0.805. The van der Waals surface area contributed by atoms with Crippen molar-refractivity contribution in [2.24, 2.45) is 11.8 Å². The van der Waals surface area contributed by atoms with Crippen LogP contribution < -0.4 is 5.32 Å². The van der Waals surface area contributed by atoms with Gasteiger partial charge in [-0.2, -0.15) is 5.26 Å². The Kier molecular flexibility index (Phi) is 5.07. The number of nitrogens with one attached hydrogen (secondary N) is 1. The summed E-state index contributed by atoms with van der Waals surface area (Å²) in [4.78, 5) is 24.3. The van der Waals surface area contributed by atoms with E-state index in [4.69, 9.17) is 4.74 Å². The smallest absolute Gasteiger partial charge is 0.338 e. The normalized spacial score (nSPS) is 24.5. The number of nitriles is 1. The van der Waals surface area contributed by atoms with Crippen molar-refractivity contribution >= 4 is 11.8 Å². The molecule has 2 fully saturated rings. The number of fused-ring (bicyclic) bond motifs is 3. The molecule has 1 N–H and O–H groups in total. The number of esters is 1. The van der Waals surface area contributed by atoms with Crippen molar-refractivity contribution in [2.45, 2.75) is 50.8 Å². The summed E-state index contributed by atoms with van der Waals surface area (Å²) in [6, 6.07) is 12.8. The molecule has 2 aromatic rings. The highest BCUT2D eigenvalue weighted by Gasteiger charge is 2.42. The van der Waals surface area contributed by atoms with Gasteiger partial charge in [0.1, 0.15) is 12.4 Å². The molecule has 2 bridgehead atoms. The molecule has 5 nitrogen and oxygen atoms in total. The van der Waals surface area contributed by atoms with Crippen LogP contribution in [0.5, 0.6) is 0 Å². The molecule has 1 saturated heterocycles. The first-order valence-corrected chi connectivity index (χ1v) is 10.8. The average molecular weight is 418 g/mol. The van der Waals surface area contributed by atoms with Crippen LogP contribution in [0.1, 0.15) is 47.2 Å². The molecule has 158 valence electrons. The van der Waals surface area contributed by atoms with Crippen LogP contribution in [0.15, 0.2) is 36.4 Å². The van der Waals surface area contributed by atoms with Crippen LogP contribution in [0.4, 0.5) is 4.39 Å². The SMILES string of the molecule is N#C[C@@H](CC(=O)[C@H]1N[C@@H]2CC[C@H]1C2)Cc1ccc(-c2ccc3c(c2)COC3=O)cc1F. The van der Waals surface area contributed by atoms with Crippen LogP contribution in [0.25, 0.3) is 11.1 Å². The highest BCUT2D eigenvalue weighted by atomic mass is 19.1. The third-order valence-electron chi connectivity index (χ3n) is 6.87. The van der Waals surface area contributed by atoms with E-state index in [2.05, 4.69) is 11.4 Å². The molecule has 3 aliphatic rings. The maximum Gasteiger partial charge on any atom is 0.338 e. The lowest BCUT2D eigenvalue weighted by Gasteiger charge is -2.22. The monoisotopic (exact) mass is 418 g/mol. The Labute approximate surface area is 180 Å². The summed E-state index contributed by atoms with van der Waals surface area (Å²) >= 11 is 0. The molecule has 31 heavy (non-hydrogen) atoms. The molecule has 2 heterocycles. The van der Waals surface area contributed by atoms with Crippen LogP contribution in [0.2, 0.25) is 0 Å². The zero-order valence-electron chi connectivity index (χ0n) is 17.1. The molecule has 0 amide bonds. The zero-order chi connectivity index (χ0) is 21.5. The summed E-state index contributed by atoms with van der Waals surface area (Å²) in [7, 11) is 0. The first-order chi connectivity index (χ1) is 15.0. The highest BCUT2D eigenvalue weighted by molar-refractivity contribution is 5.94. The Bertz CT molecular complexity index is 1110. The Morgan fingerprint density at radius 1 is 1.23 bits per heavy atom. The number of benzene rings is 2. The number of ketones is 1. The number of ether oxygens (including phenoxy) is 1. The van der Waals surface area contributed by atoms with Gasteiger partial charge in [-0.3, -0.25) is 4.79 Å². The van der Waals surface area contributed by atoms with Crippen molar-refractivity contribution in [3.8, 4) is 17.2 Å². The number of halogens is 1. The second kappa shape index (κ2) is 7.90. The molecule has 0 radical (unpaired) electrons. The number of carbonyl (C=O) groups is 2. The van der Waals surface area contributed by atoms with Crippen LogP contribution in [0, 0.1) is 29.0 Å². The molecule has 1 saturated carbocycles. The molecular formula is C25H23FN2O3. The van der Waals surface area contributed by atoms with Gasteiger partial charge in [-0.15, -0.1) is 0 Å². The number of nitrogens with zero attached hydrogens (tertiary/aromatic N) is 1. The number of cyclic esters (lactones) is 1. The van der Waals surface area contributed by atoms with E-state index in [0.29, 0.717) is 28.7 Å². The fraction of sp³-hybridized carbons (Fsp3) is 0.400. The van der Waals surface area contributed by atoms with E-state index in [0.717, 1.165) is 30.4 Å². The summed E-state index contributed by atoms with van der Waals surface area (Å²) < 4.78 is 19.9. The second-order valence-electron chi connectivity index (χ2n) is 8.87. The predicted octanol–water partition coefficient (Wildman–Crippen LogP) is 3.95. The molecule has 6 heteroatoms. The quantitative estimate of drug-likeness (QED) is 0.719. The lowest BCUT2D eigenvalue weighted by molar-refractivity contribution is -0.122. The van der Waals surface area contributed by atoms with E-state index >= 15 is 0 Å². The van der Waals surface area contributed by atoms with Gasteiger partial charge in [0.2, 0.25) is 0 Å². The Morgan fingerprint density at radius 3 is 2.74 bits per heavy atom. The van der Waals surface area contributed by atoms with E-state index in [9.17, 15) is 19.2 Å². The van der Waals surface area contributed by atoms with Crippen molar-refractivity contribution in [3.05, 3.63) is 58.9 Å². The number of Topliss-reactive ketones (excluding diaryl/α,β-unsaturated/α-hetero) is 1. The molecule has 1 aliphatic carbocycles. The van der Waals surface area contributed by atoms with Crippen molar-refractivity contribution in [1.29, 1.82) is 5.26 Å². The summed E-state index contributed by atoms with van der Waals surface area (Å²) in [5, 5.41) is 12.9. The summed E-state index contributed by atoms with van der Waals surface area (Å²) in [6.07, 6.45) is 3.61. The van der Waals surface area contributed by atoms with Gasteiger partial charge in [-0.1, -0.05) is 18.2 Å².